The molecule has 6 aromatic rings. The molecular formula is C40H35F2IN8O8S2. The zero-order valence-electron chi connectivity index (χ0n) is 33.1. The van der Waals surface area contributed by atoms with E-state index >= 15 is 0 Å². The molecule has 61 heavy (non-hydrogen) atoms. The second kappa shape index (κ2) is 19.6. The molecule has 2 amide bonds. The first kappa shape index (κ1) is 47.0. The summed E-state index contributed by atoms with van der Waals surface area (Å²) in [7, 11) is -1.55. The topological polar surface area (TPSA) is 233 Å². The standard InChI is InChI=1S/C20H17FN4O4S.C17H15FIN3O4S.C3H3N/c1-23-19(26)16-15-11-13(5-4-10-22)18(25(2)30(3,27)28)24-20(15)29-17(16)12-6-8-14(21)9-7-12;1-20-16(23)13-11-8-12(19)15(22(2)27(3,24)25)21-17(11)26-14(13)9-4-6-10(18)7-5-9;1-2-3-4/h4-9,11H,1-3H3,(H,23,26);4-8H,1-3H3,(H,20,23);2H,1H2/b5-4+;;. The first-order valence-corrected chi connectivity index (χ1v) is 22.0. The Labute approximate surface area is 363 Å². The van der Waals surface area contributed by atoms with E-state index in [0.29, 0.717) is 31.0 Å². The van der Waals surface area contributed by atoms with E-state index in [1.807, 2.05) is 28.7 Å². The van der Waals surface area contributed by atoms with Crippen molar-refractivity contribution in [2.45, 2.75) is 0 Å². The van der Waals surface area contributed by atoms with Gasteiger partial charge in [-0.05, 0) is 89.3 Å². The van der Waals surface area contributed by atoms with Crippen LogP contribution in [0.5, 0.6) is 0 Å². The number of sulfonamides is 2. The van der Waals surface area contributed by atoms with Crippen molar-refractivity contribution in [3.63, 3.8) is 0 Å². The maximum atomic E-state index is 13.3. The lowest BCUT2D eigenvalue weighted by atomic mass is 10.0. The van der Waals surface area contributed by atoms with Gasteiger partial charge in [0.2, 0.25) is 31.5 Å². The number of nitriles is 2. The van der Waals surface area contributed by atoms with Gasteiger partial charge in [0.25, 0.3) is 11.8 Å². The Kier molecular flexibility index (Phi) is 15.1. The number of furan rings is 2. The average molecular weight is 985 g/mol. The highest BCUT2D eigenvalue weighted by Gasteiger charge is 2.28. The van der Waals surface area contributed by atoms with Crippen molar-refractivity contribution in [2.75, 3.05) is 49.3 Å². The van der Waals surface area contributed by atoms with Gasteiger partial charge in [0.1, 0.15) is 23.2 Å². The van der Waals surface area contributed by atoms with Gasteiger partial charge >= 0.3 is 0 Å². The number of carbonyl (C=O) groups is 2. The molecule has 2 aromatic carbocycles. The lowest BCUT2D eigenvalue weighted by Gasteiger charge is -2.17. The number of pyridine rings is 2. The van der Waals surface area contributed by atoms with Crippen molar-refractivity contribution in [2.24, 2.45) is 0 Å². The first-order chi connectivity index (χ1) is 28.7. The molecule has 0 aliphatic rings. The highest BCUT2D eigenvalue weighted by atomic mass is 127. The highest BCUT2D eigenvalue weighted by Crippen LogP contribution is 2.38. The Morgan fingerprint density at radius 3 is 1.52 bits per heavy atom. The minimum Gasteiger partial charge on any atom is -0.437 e. The third-order valence-electron chi connectivity index (χ3n) is 8.45. The molecule has 0 saturated heterocycles. The molecule has 0 fully saturated rings. The van der Waals surface area contributed by atoms with Crippen molar-refractivity contribution in [3.8, 4) is 34.8 Å². The Morgan fingerprint density at radius 1 is 0.754 bits per heavy atom. The first-order valence-electron chi connectivity index (χ1n) is 17.2. The van der Waals surface area contributed by atoms with E-state index in [1.54, 1.807) is 12.1 Å². The molecule has 0 saturated carbocycles. The van der Waals surface area contributed by atoms with Gasteiger partial charge in [0, 0.05) is 57.0 Å². The normalized spacial score (nSPS) is 11.1. The summed E-state index contributed by atoms with van der Waals surface area (Å²) in [6.45, 7) is 3.12. The van der Waals surface area contributed by atoms with E-state index in [0.717, 1.165) is 21.1 Å². The minimum atomic E-state index is -3.66. The Balaban J connectivity index is 0.000000248. The van der Waals surface area contributed by atoms with Crippen LogP contribution in [0, 0.1) is 37.9 Å². The molecular weight excluding hydrogens is 950 g/mol. The summed E-state index contributed by atoms with van der Waals surface area (Å²) in [5.74, 6) is -1.12. The molecule has 4 aromatic heterocycles. The fourth-order valence-corrected chi connectivity index (χ4v) is 7.24. The van der Waals surface area contributed by atoms with Gasteiger partial charge in [0.05, 0.1) is 50.1 Å². The van der Waals surface area contributed by atoms with Crippen LogP contribution in [0.1, 0.15) is 26.3 Å². The van der Waals surface area contributed by atoms with Gasteiger partial charge in [0.15, 0.2) is 11.6 Å². The number of aromatic nitrogens is 2. The van der Waals surface area contributed by atoms with Gasteiger partial charge in [-0.15, -0.1) is 0 Å². The van der Waals surface area contributed by atoms with Crippen molar-refractivity contribution in [1.29, 1.82) is 10.5 Å². The van der Waals surface area contributed by atoms with Gasteiger partial charge in [-0.25, -0.2) is 25.6 Å². The van der Waals surface area contributed by atoms with E-state index in [-0.39, 0.29) is 45.7 Å². The lowest BCUT2D eigenvalue weighted by Crippen LogP contribution is -2.26. The van der Waals surface area contributed by atoms with Gasteiger partial charge in [-0.2, -0.15) is 20.5 Å². The van der Waals surface area contributed by atoms with Crippen LogP contribution in [0.15, 0.2) is 88.2 Å². The molecule has 0 atom stereocenters. The van der Waals surface area contributed by atoms with Crippen LogP contribution < -0.4 is 19.2 Å². The van der Waals surface area contributed by atoms with Crippen LogP contribution >= 0.6 is 22.6 Å². The van der Waals surface area contributed by atoms with Crippen molar-refractivity contribution in [3.05, 3.63) is 111 Å². The van der Waals surface area contributed by atoms with Crippen molar-refractivity contribution >= 4 is 94.4 Å². The Morgan fingerprint density at radius 2 is 1.15 bits per heavy atom. The summed E-state index contributed by atoms with van der Waals surface area (Å²) in [6.07, 6.45) is 5.82. The minimum absolute atomic E-state index is 0.0209. The third-order valence-corrected chi connectivity index (χ3v) is 11.6. The monoisotopic (exact) mass is 984 g/mol. The fraction of sp³-hybridized carbons (Fsp3) is 0.150. The number of nitrogens with one attached hydrogen (secondary N) is 2. The highest BCUT2D eigenvalue weighted by molar-refractivity contribution is 14.1. The zero-order valence-corrected chi connectivity index (χ0v) is 36.9. The van der Waals surface area contributed by atoms with Crippen molar-refractivity contribution < 1.29 is 44.0 Å². The van der Waals surface area contributed by atoms with Crippen LogP contribution in [-0.2, 0) is 20.0 Å². The largest absolute Gasteiger partial charge is 0.437 e. The van der Waals surface area contributed by atoms with E-state index in [2.05, 4.69) is 27.2 Å². The van der Waals surface area contributed by atoms with Crippen LogP contribution in [0.3, 0.4) is 0 Å². The summed E-state index contributed by atoms with van der Waals surface area (Å²) in [4.78, 5) is 33.7. The molecule has 0 aliphatic heterocycles. The summed E-state index contributed by atoms with van der Waals surface area (Å²) >= 11 is 1.95. The predicted octanol–water partition coefficient (Wildman–Crippen LogP) is 6.62. The molecule has 0 radical (unpaired) electrons. The van der Waals surface area contributed by atoms with Crippen molar-refractivity contribution in [1.82, 2.24) is 20.6 Å². The van der Waals surface area contributed by atoms with E-state index < -0.39 is 43.5 Å². The zero-order chi connectivity index (χ0) is 45.4. The number of anilines is 2. The van der Waals surface area contributed by atoms with Crippen LogP contribution in [0.4, 0.5) is 20.4 Å². The number of fused-ring (bicyclic) bond motifs is 2. The Hall–Kier alpha value is -6.69. The number of benzene rings is 2. The number of rotatable bonds is 9. The number of hydrogen-bond acceptors (Lipinski definition) is 12. The molecule has 0 spiro atoms. The maximum absolute atomic E-state index is 13.3. The molecule has 0 unspecified atom stereocenters. The van der Waals surface area contributed by atoms with Crippen LogP contribution in [0.25, 0.3) is 50.9 Å². The molecule has 316 valence electrons. The number of hydrogen-bond donors (Lipinski definition) is 2. The second-order valence-corrected chi connectivity index (χ2v) is 17.6. The summed E-state index contributed by atoms with van der Waals surface area (Å²) in [6, 6.07) is 17.6. The molecule has 6 rings (SSSR count). The molecule has 2 N–H and O–H groups in total. The van der Waals surface area contributed by atoms with Gasteiger partial charge < -0.3 is 19.5 Å². The summed E-state index contributed by atoms with van der Waals surface area (Å²) < 4.78 is 88.5. The fourth-order valence-electron chi connectivity index (χ4n) is 5.37. The average Bonchev–Trinajstić information content (AvgIpc) is 3.79. The SMILES string of the molecule is C=CC#N.CNC(=O)c1c(-c2ccc(F)cc2)oc2nc(N(C)S(C)(=O)=O)c(/C=C/C#N)cc12.CNC(=O)c1c(-c2ccc(F)cc2)oc2nc(N(C)S(C)(=O)=O)c(I)cc12. The molecule has 21 heteroatoms. The summed E-state index contributed by atoms with van der Waals surface area (Å²) in [5, 5.41) is 22.2. The van der Waals surface area contributed by atoms with Crippen LogP contribution in [0.2, 0.25) is 0 Å². The number of nitrogens with zero attached hydrogens (tertiary/aromatic N) is 6. The van der Waals surface area contributed by atoms with Crippen LogP contribution in [-0.4, -0.2) is 79.3 Å². The number of halogens is 3. The van der Waals surface area contributed by atoms with Gasteiger partial charge in [-0.3, -0.25) is 18.2 Å². The quantitative estimate of drug-likeness (QED) is 0.115. The summed E-state index contributed by atoms with van der Waals surface area (Å²) in [5.41, 5.74) is 1.78. The molecule has 0 bridgehead atoms. The molecule has 4 heterocycles. The Bertz CT molecular complexity index is 2990. The van der Waals surface area contributed by atoms with E-state index in [4.69, 9.17) is 19.4 Å². The van der Waals surface area contributed by atoms with E-state index in [9.17, 15) is 35.2 Å². The predicted molar refractivity (Wildman–Crippen MR) is 235 cm³/mol. The number of carbonyl (C=O) groups excluding carboxylic acids is 2. The molecule has 16 nitrogen and oxygen atoms in total. The number of amides is 2. The van der Waals surface area contributed by atoms with E-state index in [1.165, 1.54) is 101 Å². The van der Waals surface area contributed by atoms with Gasteiger partial charge in [-0.1, -0.05) is 6.58 Å². The maximum Gasteiger partial charge on any atom is 0.255 e. The second-order valence-electron chi connectivity index (χ2n) is 12.4. The number of allylic oxidation sites excluding steroid dienone is 2. The third kappa shape index (κ3) is 10.7. The molecule has 0 aliphatic carbocycles. The smallest absolute Gasteiger partial charge is 0.255 e. The lowest BCUT2D eigenvalue weighted by molar-refractivity contribution is 0.0956.